The van der Waals surface area contributed by atoms with Crippen molar-refractivity contribution in [2.24, 2.45) is 20.4 Å². The van der Waals surface area contributed by atoms with E-state index in [1.54, 1.807) is 24.9 Å². The average Bonchev–Trinajstić information content (AvgIpc) is 3.80. The summed E-state index contributed by atoms with van der Waals surface area (Å²) in [5, 5.41) is 47.2. The molecule has 0 unspecified atom stereocenters. The molecule has 4 N–H and O–H groups in total. The Kier molecular flexibility index (Phi) is 7.97. The fraction of sp³-hybridized carbons (Fsp3) is 0.0769. The van der Waals surface area contributed by atoms with E-state index in [2.05, 4.69) is 61.2 Å². The Balaban J connectivity index is 1.39. The quantitative estimate of drug-likeness (QED) is 0.174. The van der Waals surface area contributed by atoms with Crippen molar-refractivity contribution in [1.82, 2.24) is 59.5 Å². The summed E-state index contributed by atoms with van der Waals surface area (Å²) >= 11 is 21.9. The minimum absolute atomic E-state index is 0.213. The van der Waals surface area contributed by atoms with Gasteiger partial charge in [-0.05, 0) is 48.9 Å². The third-order valence-electron chi connectivity index (χ3n) is 6.74. The van der Waals surface area contributed by atoms with Gasteiger partial charge in [0, 0.05) is 22.3 Å². The van der Waals surface area contributed by atoms with Gasteiger partial charge in [-0.3, -0.25) is 20.4 Å². The first-order chi connectivity index (χ1) is 22.4. The molecule has 6 aromatic rings. The zero-order valence-electron chi connectivity index (χ0n) is 23.3. The lowest BCUT2D eigenvalue weighted by Gasteiger charge is -2.05. The van der Waals surface area contributed by atoms with E-state index in [1.807, 2.05) is 48.5 Å². The van der Waals surface area contributed by atoms with E-state index in [1.165, 1.54) is 18.7 Å². The number of aromatic nitrogens is 12. The third-order valence-corrected chi connectivity index (χ3v) is 7.80. The largest absolute Gasteiger partial charge is 0.250 e. The number of nitrogens with zero attached hydrogens (tertiary/aromatic N) is 12. The van der Waals surface area contributed by atoms with Gasteiger partial charge in [-0.1, -0.05) is 48.5 Å². The van der Waals surface area contributed by atoms with Gasteiger partial charge in [0.05, 0.1) is 37.7 Å². The minimum atomic E-state index is 0.213. The molecule has 0 radical (unpaired) electrons. The average molecular weight is 685 g/mol. The monoisotopic (exact) mass is 684 g/mol. The molecule has 1 aliphatic rings. The lowest BCUT2D eigenvalue weighted by molar-refractivity contribution is 0.729. The fourth-order valence-corrected chi connectivity index (χ4v) is 5.28. The van der Waals surface area contributed by atoms with Gasteiger partial charge in [0.1, 0.15) is 0 Å². The van der Waals surface area contributed by atoms with Gasteiger partial charge >= 0.3 is 0 Å². The molecule has 7 rings (SSSR count). The van der Waals surface area contributed by atoms with Crippen molar-refractivity contribution in [3.8, 4) is 0 Å². The Morgan fingerprint density at radius 1 is 0.413 bits per heavy atom. The normalized spacial score (nSPS) is 15.8. The van der Waals surface area contributed by atoms with Crippen molar-refractivity contribution in [3.05, 3.63) is 113 Å². The summed E-state index contributed by atoms with van der Waals surface area (Å²) in [5.41, 5.74) is 3.06. The van der Waals surface area contributed by atoms with Crippen LogP contribution in [0.15, 0.2) is 68.9 Å². The van der Waals surface area contributed by atoms with E-state index in [9.17, 15) is 0 Å². The van der Waals surface area contributed by atoms with Gasteiger partial charge in [0.25, 0.3) is 0 Å². The molecule has 1 aliphatic heterocycles. The second kappa shape index (κ2) is 12.5. The van der Waals surface area contributed by atoms with Crippen LogP contribution in [0.25, 0.3) is 0 Å². The van der Waals surface area contributed by atoms with Crippen LogP contribution in [0.2, 0.25) is 0 Å². The fourth-order valence-electron chi connectivity index (χ4n) is 4.49. The Labute approximate surface area is 278 Å². The SMILES string of the molecule is S=c1[nH]nc2n1/N=C/c1ccccc1/C=N/n1c(n[nH]c1=S)Cc1n[nH]c(=S)n1/N=C/c1ccccc1/C=N/n1c(n[nH]c1=S)C2. The Bertz CT molecular complexity index is 2100. The van der Waals surface area contributed by atoms with Crippen LogP contribution in [-0.2, 0) is 12.8 Å². The maximum atomic E-state index is 5.48. The zero-order valence-corrected chi connectivity index (χ0v) is 26.6. The van der Waals surface area contributed by atoms with Crippen LogP contribution in [0.4, 0.5) is 0 Å². The smallest absolute Gasteiger partial charge is 0.216 e. The molecule has 0 atom stereocenters. The molecule has 46 heavy (non-hydrogen) atoms. The molecular weight excluding hydrogens is 665 g/mol. The van der Waals surface area contributed by atoms with Crippen LogP contribution < -0.4 is 0 Å². The van der Waals surface area contributed by atoms with Gasteiger partial charge < -0.3 is 0 Å². The van der Waals surface area contributed by atoms with Gasteiger partial charge in [-0.2, -0.15) is 59.5 Å². The number of hydrogen-bond acceptors (Lipinski definition) is 12. The highest BCUT2D eigenvalue weighted by Gasteiger charge is 2.15. The van der Waals surface area contributed by atoms with E-state index in [0.717, 1.165) is 22.3 Å². The van der Waals surface area contributed by atoms with Crippen molar-refractivity contribution >= 4 is 73.7 Å². The minimum Gasteiger partial charge on any atom is -0.250 e. The summed E-state index contributed by atoms with van der Waals surface area (Å²) in [7, 11) is 0. The van der Waals surface area contributed by atoms with Crippen LogP contribution in [0.1, 0.15) is 45.6 Å². The number of H-pyrrole nitrogens is 4. The first-order valence-electron chi connectivity index (χ1n) is 13.5. The van der Waals surface area contributed by atoms with Crippen LogP contribution in [0.3, 0.4) is 0 Å². The molecule has 0 bridgehead atoms. The van der Waals surface area contributed by atoms with Crippen LogP contribution in [0.5, 0.6) is 0 Å². The maximum absolute atomic E-state index is 5.48. The lowest BCUT2D eigenvalue weighted by atomic mass is 10.1. The van der Waals surface area contributed by atoms with E-state index in [4.69, 9.17) is 48.9 Å². The summed E-state index contributed by atoms with van der Waals surface area (Å²) in [6.45, 7) is 0. The van der Waals surface area contributed by atoms with Crippen LogP contribution in [-0.4, -0.2) is 84.4 Å². The summed E-state index contributed by atoms with van der Waals surface area (Å²) in [5.74, 6) is 1.98. The van der Waals surface area contributed by atoms with Gasteiger partial charge in [-0.15, -0.1) is 0 Å². The summed E-state index contributed by atoms with van der Waals surface area (Å²) in [6.07, 6.45) is 7.09. The first kappa shape index (κ1) is 29.3. The van der Waals surface area contributed by atoms with E-state index >= 15 is 0 Å². The topological polar surface area (TPSA) is 184 Å². The number of hydrogen-bond donors (Lipinski definition) is 4. The van der Waals surface area contributed by atoms with E-state index in [0.29, 0.717) is 42.4 Å². The van der Waals surface area contributed by atoms with E-state index < -0.39 is 0 Å². The molecular formula is C26H20N16S4. The standard InChI is InChI=1S/C26H20N16S4/c43-23-35-31-19-9-21-33-37-25(45)41(21)29-13-17-7-3-4-8-18(17)14-30-42-22(34-38-26(42)46)10-20-32-36-24(44)40(20)28-12-16-6-2-1-5-15(16)11-27-39(19)23/h1-8,11-14H,9-10H2,(H,35,43)(H,36,44)(H,37,45)(H,38,46)/b27-11+,28-12+,29-13+,30-14+. The number of rotatable bonds is 0. The third kappa shape index (κ3) is 5.83. The number of nitrogens with one attached hydrogen (secondary N) is 4. The van der Waals surface area contributed by atoms with Crippen molar-refractivity contribution in [1.29, 1.82) is 0 Å². The summed E-state index contributed by atoms with van der Waals surface area (Å²) < 4.78 is 7.28. The molecule has 4 aromatic heterocycles. The molecule has 20 heteroatoms. The first-order valence-corrected chi connectivity index (χ1v) is 15.1. The predicted molar refractivity (Wildman–Crippen MR) is 180 cm³/mol. The highest BCUT2D eigenvalue weighted by atomic mass is 32.1. The molecule has 0 spiro atoms. The summed E-state index contributed by atoms with van der Waals surface area (Å²) in [4.78, 5) is 0. The van der Waals surface area contributed by atoms with E-state index in [-0.39, 0.29) is 12.8 Å². The van der Waals surface area contributed by atoms with Crippen molar-refractivity contribution in [2.45, 2.75) is 12.8 Å². The Morgan fingerprint density at radius 3 is 0.891 bits per heavy atom. The molecule has 16 nitrogen and oxygen atoms in total. The second-order valence-corrected chi connectivity index (χ2v) is 11.2. The number of aromatic amines is 4. The highest BCUT2D eigenvalue weighted by molar-refractivity contribution is 7.71. The predicted octanol–water partition coefficient (Wildman–Crippen LogP) is 3.73. The van der Waals surface area contributed by atoms with Crippen molar-refractivity contribution in [2.75, 3.05) is 0 Å². The molecule has 0 saturated heterocycles. The maximum Gasteiger partial charge on any atom is 0.216 e. The molecule has 2 aromatic carbocycles. The molecule has 0 aliphatic carbocycles. The van der Waals surface area contributed by atoms with Crippen molar-refractivity contribution < 1.29 is 0 Å². The van der Waals surface area contributed by atoms with Crippen molar-refractivity contribution in [3.63, 3.8) is 0 Å². The molecule has 228 valence electrons. The van der Waals surface area contributed by atoms with Crippen LogP contribution in [0, 0.1) is 19.1 Å². The Morgan fingerprint density at radius 2 is 0.652 bits per heavy atom. The van der Waals surface area contributed by atoms with Gasteiger partial charge in [0.15, 0.2) is 23.3 Å². The van der Waals surface area contributed by atoms with Gasteiger partial charge in [0.2, 0.25) is 19.1 Å². The molecule has 0 saturated carbocycles. The number of fused-ring (bicyclic) bond motifs is 6. The Hall–Kier alpha value is -5.44. The molecule has 0 amide bonds. The number of benzene rings is 2. The lowest BCUT2D eigenvalue weighted by Crippen LogP contribution is -2.07. The molecule has 0 fully saturated rings. The van der Waals surface area contributed by atoms with Crippen LogP contribution >= 0.6 is 48.9 Å². The molecule has 5 heterocycles. The zero-order chi connectivity index (χ0) is 31.6. The van der Waals surface area contributed by atoms with Gasteiger partial charge in [-0.25, -0.2) is 0 Å². The summed E-state index contributed by atoms with van der Waals surface area (Å²) in [6, 6.07) is 15.2. The highest BCUT2D eigenvalue weighted by Crippen LogP contribution is 2.12. The second-order valence-electron chi connectivity index (χ2n) is 9.62.